The minimum atomic E-state index is 0.918. The maximum Gasteiger partial charge on any atom is 0.162 e. The lowest BCUT2D eigenvalue weighted by molar-refractivity contribution is 0.673. The normalized spacial score (nSPS) is 12.6. The average molecular weight is 438 g/mol. The number of hydrogen-bond acceptors (Lipinski definition) is 1. The molecule has 0 N–H and O–H groups in total. The van der Waals surface area contributed by atoms with E-state index >= 15 is 0 Å². The molecule has 2 aromatic heterocycles. The quantitative estimate of drug-likeness (QED) is 0.246. The summed E-state index contributed by atoms with van der Waals surface area (Å²) in [5, 5.41) is 7.28. The fourth-order valence-electron chi connectivity index (χ4n) is 5.42. The SMILES string of the molecule is C/C=C(\C)c1ccc(-n2c3c4ccccc4oc3c3c4ccccc4c4ccccc4c32)cc1. The molecule has 162 valence electrons. The molecule has 0 unspecified atom stereocenters. The first-order valence-corrected chi connectivity index (χ1v) is 11.7. The third-order valence-corrected chi connectivity index (χ3v) is 7.16. The van der Waals surface area contributed by atoms with Crippen molar-refractivity contribution in [3.05, 3.63) is 109 Å². The van der Waals surface area contributed by atoms with E-state index in [0.717, 1.165) is 27.8 Å². The molecular weight excluding hydrogens is 414 g/mol. The van der Waals surface area contributed by atoms with Crippen LogP contribution in [-0.4, -0.2) is 4.57 Å². The number of allylic oxidation sites excluding steroid dienone is 2. The number of benzene rings is 5. The van der Waals surface area contributed by atoms with Gasteiger partial charge in [-0.1, -0.05) is 78.9 Å². The number of rotatable bonds is 2. The van der Waals surface area contributed by atoms with Crippen molar-refractivity contribution in [3.63, 3.8) is 0 Å². The van der Waals surface area contributed by atoms with Crippen molar-refractivity contribution in [3.8, 4) is 5.69 Å². The van der Waals surface area contributed by atoms with Crippen LogP contribution in [-0.2, 0) is 0 Å². The minimum absolute atomic E-state index is 0.918. The van der Waals surface area contributed by atoms with E-state index in [1.54, 1.807) is 0 Å². The summed E-state index contributed by atoms with van der Waals surface area (Å²) < 4.78 is 8.98. The highest BCUT2D eigenvalue weighted by molar-refractivity contribution is 6.33. The number of hydrogen-bond donors (Lipinski definition) is 0. The van der Waals surface area contributed by atoms with Crippen molar-refractivity contribution in [2.45, 2.75) is 13.8 Å². The molecule has 0 aliphatic carbocycles. The van der Waals surface area contributed by atoms with Gasteiger partial charge in [0.25, 0.3) is 0 Å². The standard InChI is InChI=1S/C32H23NO/c1-3-20(2)21-16-18-22(19-17-21)33-30-26-13-7-5-11-24(26)23-10-4-6-12-25(23)29(30)32-31(33)27-14-8-9-15-28(27)34-32/h3-19H,1-2H3/b20-3+. The van der Waals surface area contributed by atoms with E-state index in [4.69, 9.17) is 4.42 Å². The van der Waals surface area contributed by atoms with E-state index in [9.17, 15) is 0 Å². The van der Waals surface area contributed by atoms with E-state index in [1.807, 2.05) is 6.07 Å². The van der Waals surface area contributed by atoms with E-state index < -0.39 is 0 Å². The summed E-state index contributed by atoms with van der Waals surface area (Å²) in [5.41, 5.74) is 7.85. The van der Waals surface area contributed by atoms with Crippen molar-refractivity contribution in [2.24, 2.45) is 0 Å². The topological polar surface area (TPSA) is 18.1 Å². The van der Waals surface area contributed by atoms with Crippen LogP contribution in [0.25, 0.3) is 65.8 Å². The van der Waals surface area contributed by atoms with E-state index in [1.165, 1.54) is 43.6 Å². The highest BCUT2D eigenvalue weighted by Gasteiger charge is 2.23. The molecule has 0 bridgehead atoms. The van der Waals surface area contributed by atoms with Gasteiger partial charge in [-0.25, -0.2) is 0 Å². The van der Waals surface area contributed by atoms with Gasteiger partial charge < -0.3 is 8.98 Å². The average Bonchev–Trinajstić information content (AvgIpc) is 3.43. The summed E-state index contributed by atoms with van der Waals surface area (Å²) in [6.45, 7) is 4.24. The van der Waals surface area contributed by atoms with Gasteiger partial charge in [-0.2, -0.15) is 0 Å². The van der Waals surface area contributed by atoms with Crippen molar-refractivity contribution < 1.29 is 4.42 Å². The molecule has 0 atom stereocenters. The van der Waals surface area contributed by atoms with Crippen molar-refractivity contribution >= 4 is 60.1 Å². The van der Waals surface area contributed by atoms with Crippen molar-refractivity contribution in [1.82, 2.24) is 4.57 Å². The second-order valence-electron chi connectivity index (χ2n) is 8.94. The minimum Gasteiger partial charge on any atom is -0.454 e. The van der Waals surface area contributed by atoms with Crippen molar-refractivity contribution in [1.29, 1.82) is 0 Å². The van der Waals surface area contributed by atoms with Gasteiger partial charge in [0.2, 0.25) is 0 Å². The summed E-state index contributed by atoms with van der Waals surface area (Å²) in [4.78, 5) is 0. The Balaban J connectivity index is 1.75. The lowest BCUT2D eigenvalue weighted by Crippen LogP contribution is -1.95. The Hall–Kier alpha value is -4.30. The molecule has 34 heavy (non-hydrogen) atoms. The van der Waals surface area contributed by atoms with Crippen LogP contribution in [0, 0.1) is 0 Å². The predicted molar refractivity (Wildman–Crippen MR) is 145 cm³/mol. The Morgan fingerprint density at radius 1 is 0.647 bits per heavy atom. The molecule has 0 amide bonds. The Kier molecular flexibility index (Phi) is 4.01. The zero-order valence-corrected chi connectivity index (χ0v) is 19.2. The van der Waals surface area contributed by atoms with Gasteiger partial charge in [-0.05, 0) is 65.4 Å². The second kappa shape index (κ2) is 7.10. The molecule has 0 saturated carbocycles. The fourth-order valence-corrected chi connectivity index (χ4v) is 5.42. The maximum atomic E-state index is 6.57. The fraction of sp³-hybridized carbons (Fsp3) is 0.0625. The first-order valence-electron chi connectivity index (χ1n) is 11.7. The highest BCUT2D eigenvalue weighted by Crippen LogP contribution is 2.45. The largest absolute Gasteiger partial charge is 0.454 e. The molecular formula is C32H23NO. The van der Waals surface area contributed by atoms with Gasteiger partial charge in [0.1, 0.15) is 11.1 Å². The number of furan rings is 1. The maximum absolute atomic E-state index is 6.57. The number of fused-ring (bicyclic) bond motifs is 10. The molecule has 2 heteroatoms. The molecule has 0 aliphatic heterocycles. The molecule has 0 radical (unpaired) electrons. The first-order chi connectivity index (χ1) is 16.8. The predicted octanol–water partition coefficient (Wildman–Crippen LogP) is 9.26. The second-order valence-corrected chi connectivity index (χ2v) is 8.94. The van der Waals surface area contributed by atoms with Crippen LogP contribution in [0.4, 0.5) is 0 Å². The number of para-hydroxylation sites is 1. The van der Waals surface area contributed by atoms with E-state index in [-0.39, 0.29) is 0 Å². The van der Waals surface area contributed by atoms with Crippen LogP contribution in [0.3, 0.4) is 0 Å². The van der Waals surface area contributed by atoms with Gasteiger partial charge in [0, 0.05) is 16.5 Å². The van der Waals surface area contributed by atoms with Crippen molar-refractivity contribution in [2.75, 3.05) is 0 Å². The van der Waals surface area contributed by atoms with Crippen LogP contribution in [0.5, 0.6) is 0 Å². The number of aromatic nitrogens is 1. The molecule has 7 aromatic rings. The smallest absolute Gasteiger partial charge is 0.162 e. The molecule has 0 spiro atoms. The third-order valence-electron chi connectivity index (χ3n) is 7.16. The zero-order chi connectivity index (χ0) is 22.8. The summed E-state index contributed by atoms with van der Waals surface area (Å²) >= 11 is 0. The van der Waals surface area contributed by atoms with Crippen LogP contribution in [0.15, 0.2) is 108 Å². The molecule has 0 saturated heterocycles. The Morgan fingerprint density at radius 2 is 1.24 bits per heavy atom. The zero-order valence-electron chi connectivity index (χ0n) is 19.2. The summed E-state index contributed by atoms with van der Waals surface area (Å²) in [6.07, 6.45) is 2.15. The number of nitrogens with zero attached hydrogens (tertiary/aromatic N) is 1. The van der Waals surface area contributed by atoms with Gasteiger partial charge in [-0.3, -0.25) is 0 Å². The summed E-state index contributed by atoms with van der Waals surface area (Å²) in [5.74, 6) is 0. The van der Waals surface area contributed by atoms with Gasteiger partial charge >= 0.3 is 0 Å². The first kappa shape index (κ1) is 19.2. The van der Waals surface area contributed by atoms with Crippen LogP contribution in [0.1, 0.15) is 19.4 Å². The van der Waals surface area contributed by atoms with E-state index in [2.05, 4.69) is 115 Å². The monoisotopic (exact) mass is 437 g/mol. The molecule has 2 nitrogen and oxygen atoms in total. The molecule has 2 heterocycles. The van der Waals surface area contributed by atoms with Crippen LogP contribution >= 0.6 is 0 Å². The van der Waals surface area contributed by atoms with Crippen LogP contribution < -0.4 is 0 Å². The van der Waals surface area contributed by atoms with Crippen LogP contribution in [0.2, 0.25) is 0 Å². The van der Waals surface area contributed by atoms with Gasteiger partial charge in [0.05, 0.1) is 10.9 Å². The van der Waals surface area contributed by atoms with Gasteiger partial charge in [0.15, 0.2) is 5.58 Å². The van der Waals surface area contributed by atoms with E-state index in [0.29, 0.717) is 0 Å². The third kappa shape index (κ3) is 2.51. The lowest BCUT2D eigenvalue weighted by atomic mass is 9.98. The lowest BCUT2D eigenvalue weighted by Gasteiger charge is -2.13. The highest BCUT2D eigenvalue weighted by atomic mass is 16.3. The molecule has 0 fully saturated rings. The summed E-state index contributed by atoms with van der Waals surface area (Å²) in [6, 6.07) is 34.7. The Labute approximate surface area is 197 Å². The Bertz CT molecular complexity index is 1910. The summed E-state index contributed by atoms with van der Waals surface area (Å²) in [7, 11) is 0. The van der Waals surface area contributed by atoms with Gasteiger partial charge in [-0.15, -0.1) is 0 Å². The molecule has 7 rings (SSSR count). The molecule has 5 aromatic carbocycles. The molecule has 0 aliphatic rings. The Morgan fingerprint density at radius 3 is 1.94 bits per heavy atom.